The molecule has 2 aromatic rings. The van der Waals surface area contributed by atoms with E-state index in [4.69, 9.17) is 28.6 Å². The largest absolute Gasteiger partial charge is 0.306 e. The minimum atomic E-state index is 0.339. The van der Waals surface area contributed by atoms with E-state index < -0.39 is 0 Å². The van der Waals surface area contributed by atoms with Crippen LogP contribution in [0.1, 0.15) is 25.0 Å². The Balaban J connectivity index is 1.92. The molecule has 0 aliphatic rings. The zero-order valence-electron chi connectivity index (χ0n) is 13.7. The minimum absolute atomic E-state index is 0.339. The van der Waals surface area contributed by atoms with Crippen LogP contribution in [0, 0.1) is 5.41 Å². The third-order valence-electron chi connectivity index (χ3n) is 3.54. The summed E-state index contributed by atoms with van der Waals surface area (Å²) in [6.07, 6.45) is 0. The van der Waals surface area contributed by atoms with E-state index >= 15 is 0 Å². The monoisotopic (exact) mass is 359 g/mol. The lowest BCUT2D eigenvalue weighted by molar-refractivity contribution is 1.16. The van der Waals surface area contributed by atoms with Gasteiger partial charge < -0.3 is 5.41 Å². The van der Waals surface area contributed by atoms with Gasteiger partial charge in [-0.15, -0.1) is 0 Å². The second kappa shape index (κ2) is 8.76. The summed E-state index contributed by atoms with van der Waals surface area (Å²) >= 11 is 11.8. The molecule has 124 valence electrons. The van der Waals surface area contributed by atoms with E-state index in [1.807, 2.05) is 62.4 Å². The number of nitrogens with zero attached hydrogens (tertiary/aromatic N) is 2. The van der Waals surface area contributed by atoms with E-state index in [0.717, 1.165) is 22.6 Å². The molecule has 0 saturated carbocycles. The normalized spacial score (nSPS) is 12.3. The summed E-state index contributed by atoms with van der Waals surface area (Å²) in [4.78, 5) is 8.90. The topological polar surface area (TPSA) is 48.6 Å². The zero-order chi connectivity index (χ0) is 17.5. The second-order valence-corrected chi connectivity index (χ2v) is 6.29. The third kappa shape index (κ3) is 5.59. The van der Waals surface area contributed by atoms with Crippen molar-refractivity contribution in [2.75, 3.05) is 13.1 Å². The molecule has 1 N–H and O–H groups in total. The summed E-state index contributed by atoms with van der Waals surface area (Å²) in [5.74, 6) is 0. The SMILES string of the molecule is CC(=NCC(=N)CN=C(C)c1ccc(Cl)cc1)c1ccc(Cl)cc1. The predicted molar refractivity (Wildman–Crippen MR) is 105 cm³/mol. The fourth-order valence-corrected chi connectivity index (χ4v) is 2.29. The first-order chi connectivity index (χ1) is 11.5. The van der Waals surface area contributed by atoms with Crippen LogP contribution in [0.25, 0.3) is 0 Å². The summed E-state index contributed by atoms with van der Waals surface area (Å²) in [6.45, 7) is 4.54. The zero-order valence-corrected chi connectivity index (χ0v) is 15.2. The molecule has 2 rings (SSSR count). The highest BCUT2D eigenvalue weighted by Gasteiger charge is 2.01. The van der Waals surface area contributed by atoms with E-state index in [9.17, 15) is 0 Å². The number of halogens is 2. The van der Waals surface area contributed by atoms with Crippen molar-refractivity contribution in [1.82, 2.24) is 0 Å². The van der Waals surface area contributed by atoms with E-state index in [-0.39, 0.29) is 0 Å². The van der Waals surface area contributed by atoms with Crippen LogP contribution >= 0.6 is 23.2 Å². The first-order valence-corrected chi connectivity index (χ1v) is 8.31. The Morgan fingerprint density at radius 2 is 1.08 bits per heavy atom. The first kappa shape index (κ1) is 18.4. The van der Waals surface area contributed by atoms with Crippen LogP contribution in [-0.4, -0.2) is 30.2 Å². The number of benzene rings is 2. The van der Waals surface area contributed by atoms with Crippen molar-refractivity contribution < 1.29 is 0 Å². The lowest BCUT2D eigenvalue weighted by atomic mass is 10.1. The van der Waals surface area contributed by atoms with Crippen LogP contribution in [-0.2, 0) is 0 Å². The van der Waals surface area contributed by atoms with Crippen LogP contribution in [0.4, 0.5) is 0 Å². The van der Waals surface area contributed by atoms with E-state index in [0.29, 0.717) is 28.8 Å². The van der Waals surface area contributed by atoms with Crippen molar-refractivity contribution in [3.05, 3.63) is 69.7 Å². The Morgan fingerprint density at radius 1 is 0.750 bits per heavy atom. The van der Waals surface area contributed by atoms with E-state index in [2.05, 4.69) is 9.98 Å². The smallest absolute Gasteiger partial charge is 0.0787 e. The third-order valence-corrected chi connectivity index (χ3v) is 4.04. The van der Waals surface area contributed by atoms with Crippen molar-refractivity contribution in [2.45, 2.75) is 13.8 Å². The van der Waals surface area contributed by atoms with Crippen LogP contribution in [0.5, 0.6) is 0 Å². The Hall–Kier alpha value is -1.97. The van der Waals surface area contributed by atoms with E-state index in [1.54, 1.807) is 0 Å². The molecule has 0 atom stereocenters. The maximum absolute atomic E-state index is 8.01. The number of nitrogens with one attached hydrogen (secondary N) is 1. The Labute approximate surface area is 152 Å². The highest BCUT2D eigenvalue weighted by Crippen LogP contribution is 2.11. The Bertz CT molecular complexity index is 695. The fraction of sp³-hybridized carbons (Fsp3) is 0.211. The van der Waals surface area contributed by atoms with Gasteiger partial charge in [0.05, 0.1) is 18.8 Å². The molecule has 5 heteroatoms. The number of hydrogen-bond acceptors (Lipinski definition) is 3. The molecule has 0 radical (unpaired) electrons. The maximum atomic E-state index is 8.01. The summed E-state index contributed by atoms with van der Waals surface area (Å²) < 4.78 is 0. The molecule has 0 bridgehead atoms. The molecule has 0 fully saturated rings. The molecule has 3 nitrogen and oxygen atoms in total. The van der Waals surface area contributed by atoms with E-state index in [1.165, 1.54) is 0 Å². The van der Waals surface area contributed by atoms with Crippen LogP contribution in [0.3, 0.4) is 0 Å². The number of hydrogen-bond donors (Lipinski definition) is 1. The molecule has 0 amide bonds. The van der Waals surface area contributed by atoms with Gasteiger partial charge in [0.25, 0.3) is 0 Å². The number of rotatable bonds is 6. The molecule has 0 aromatic heterocycles. The van der Waals surface area contributed by atoms with Crippen molar-refractivity contribution >= 4 is 40.3 Å². The summed E-state index contributed by atoms with van der Waals surface area (Å²) in [5.41, 5.74) is 4.25. The van der Waals surface area contributed by atoms with Gasteiger partial charge in [-0.05, 0) is 49.2 Å². The van der Waals surface area contributed by atoms with Crippen LogP contribution < -0.4 is 0 Å². The quantitative estimate of drug-likeness (QED) is 0.677. The van der Waals surface area contributed by atoms with Crippen molar-refractivity contribution in [2.24, 2.45) is 9.98 Å². The molecule has 0 unspecified atom stereocenters. The molecule has 24 heavy (non-hydrogen) atoms. The predicted octanol–water partition coefficient (Wildman–Crippen LogP) is 5.33. The van der Waals surface area contributed by atoms with Gasteiger partial charge in [0.2, 0.25) is 0 Å². The van der Waals surface area contributed by atoms with Crippen molar-refractivity contribution in [3.63, 3.8) is 0 Å². The molecule has 0 aliphatic carbocycles. The molecular formula is C19H19Cl2N3. The lowest BCUT2D eigenvalue weighted by Crippen LogP contribution is -2.10. The molecule has 0 saturated heterocycles. The molecule has 0 heterocycles. The van der Waals surface area contributed by atoms with Crippen LogP contribution in [0.15, 0.2) is 58.5 Å². The molecule has 0 spiro atoms. The Morgan fingerprint density at radius 3 is 1.42 bits per heavy atom. The Kier molecular flexibility index (Phi) is 6.71. The fourth-order valence-electron chi connectivity index (χ4n) is 2.04. The lowest BCUT2D eigenvalue weighted by Gasteiger charge is -2.04. The van der Waals surface area contributed by atoms with Gasteiger partial charge in [0, 0.05) is 21.5 Å². The van der Waals surface area contributed by atoms with Gasteiger partial charge in [-0.1, -0.05) is 47.5 Å². The highest BCUT2D eigenvalue weighted by molar-refractivity contribution is 6.31. The summed E-state index contributed by atoms with van der Waals surface area (Å²) in [5, 5.41) is 9.41. The van der Waals surface area contributed by atoms with Gasteiger partial charge >= 0.3 is 0 Å². The van der Waals surface area contributed by atoms with Gasteiger partial charge in [-0.2, -0.15) is 0 Å². The highest BCUT2D eigenvalue weighted by atomic mass is 35.5. The first-order valence-electron chi connectivity index (χ1n) is 7.56. The van der Waals surface area contributed by atoms with Crippen molar-refractivity contribution in [3.8, 4) is 0 Å². The van der Waals surface area contributed by atoms with Gasteiger partial charge in [0.1, 0.15) is 0 Å². The van der Waals surface area contributed by atoms with Crippen molar-refractivity contribution in [1.29, 1.82) is 5.41 Å². The van der Waals surface area contributed by atoms with Gasteiger partial charge in [0.15, 0.2) is 0 Å². The van der Waals surface area contributed by atoms with Crippen LogP contribution in [0.2, 0.25) is 10.0 Å². The summed E-state index contributed by atoms with van der Waals surface area (Å²) in [6, 6.07) is 15.0. The second-order valence-electron chi connectivity index (χ2n) is 5.42. The van der Waals surface area contributed by atoms with Gasteiger partial charge in [-0.3, -0.25) is 9.98 Å². The standard InChI is InChI=1S/C19H19Cl2N3/c1-13(15-3-7-17(20)8-4-15)23-11-19(22)12-24-14(2)16-5-9-18(21)10-6-16/h3-10,22H,11-12H2,1-2H3. The van der Waals surface area contributed by atoms with Gasteiger partial charge in [-0.25, -0.2) is 0 Å². The minimum Gasteiger partial charge on any atom is -0.306 e. The molecular weight excluding hydrogens is 341 g/mol. The maximum Gasteiger partial charge on any atom is 0.0787 e. The number of aliphatic imine (C=N–C) groups is 2. The molecule has 2 aromatic carbocycles. The summed E-state index contributed by atoms with van der Waals surface area (Å²) in [7, 11) is 0. The average molecular weight is 360 g/mol. The average Bonchev–Trinajstić information content (AvgIpc) is 2.58. The molecule has 0 aliphatic heterocycles.